The fourth-order valence-electron chi connectivity index (χ4n) is 3.29. The van der Waals surface area contributed by atoms with Gasteiger partial charge >= 0.3 is 5.69 Å². The summed E-state index contributed by atoms with van der Waals surface area (Å²) >= 11 is 0. The van der Waals surface area contributed by atoms with Crippen molar-refractivity contribution in [3.63, 3.8) is 0 Å². The first-order valence-electron chi connectivity index (χ1n) is 7.83. The molecule has 1 aromatic carbocycles. The van der Waals surface area contributed by atoms with Crippen molar-refractivity contribution in [2.45, 2.75) is 19.4 Å². The van der Waals surface area contributed by atoms with Crippen LogP contribution in [0.5, 0.6) is 0 Å². The van der Waals surface area contributed by atoms with Crippen LogP contribution in [0.1, 0.15) is 13.3 Å². The Morgan fingerprint density at radius 3 is 2.52 bits per heavy atom. The van der Waals surface area contributed by atoms with Gasteiger partial charge in [0, 0.05) is 26.7 Å². The van der Waals surface area contributed by atoms with Crippen molar-refractivity contribution in [1.29, 1.82) is 0 Å². The van der Waals surface area contributed by atoms with E-state index in [1.807, 2.05) is 11.8 Å². The molecule has 1 aliphatic rings. The molecule has 1 atom stereocenters. The van der Waals surface area contributed by atoms with Gasteiger partial charge in [-0.25, -0.2) is 13.0 Å². The molecule has 2 aromatic rings. The van der Waals surface area contributed by atoms with Gasteiger partial charge in [-0.15, -0.1) is 0 Å². The van der Waals surface area contributed by atoms with Crippen molar-refractivity contribution in [3.05, 3.63) is 16.2 Å². The minimum absolute atomic E-state index is 0.0574. The summed E-state index contributed by atoms with van der Waals surface area (Å²) in [5.41, 5.74) is 1.10. The lowest BCUT2D eigenvalue weighted by Gasteiger charge is -2.29. The van der Waals surface area contributed by atoms with Gasteiger partial charge in [0.1, 0.15) is 5.69 Å². The van der Waals surface area contributed by atoms with Gasteiger partial charge in [0.05, 0.1) is 22.1 Å². The number of aromatic nitrogens is 2. The summed E-state index contributed by atoms with van der Waals surface area (Å²) in [5, 5.41) is 19.1. The molecule has 3 rings (SSSR count). The van der Waals surface area contributed by atoms with Crippen molar-refractivity contribution < 1.29 is 18.0 Å². The lowest BCUT2D eigenvalue weighted by Crippen LogP contribution is -2.36. The molecule has 1 aromatic heterocycles. The van der Waals surface area contributed by atoms with Crippen molar-refractivity contribution in [2.24, 2.45) is 0 Å². The number of nitrogens with zero attached hydrogens (tertiary/aromatic N) is 5. The van der Waals surface area contributed by atoms with Crippen molar-refractivity contribution in [1.82, 2.24) is 10.3 Å². The van der Waals surface area contributed by atoms with Crippen LogP contribution >= 0.6 is 0 Å². The van der Waals surface area contributed by atoms with Gasteiger partial charge in [0.15, 0.2) is 15.4 Å². The zero-order valence-corrected chi connectivity index (χ0v) is 15.0. The highest BCUT2D eigenvalue weighted by atomic mass is 32.2. The lowest BCUT2D eigenvalue weighted by molar-refractivity contribution is -0.382. The number of hydrogen-bond donors (Lipinski definition) is 0. The number of benzene rings is 1. The summed E-state index contributed by atoms with van der Waals surface area (Å²) in [7, 11) is 0.326. The van der Waals surface area contributed by atoms with Gasteiger partial charge in [-0.1, -0.05) is 0 Å². The first-order chi connectivity index (χ1) is 11.7. The molecule has 2 heterocycles. The summed E-state index contributed by atoms with van der Waals surface area (Å²) in [6, 6.07) is 1.45. The van der Waals surface area contributed by atoms with Crippen LogP contribution in [0.3, 0.4) is 0 Å². The number of rotatable bonds is 5. The van der Waals surface area contributed by atoms with Crippen LogP contribution in [0, 0.1) is 10.1 Å². The van der Waals surface area contributed by atoms with Gasteiger partial charge < -0.3 is 9.80 Å². The van der Waals surface area contributed by atoms with E-state index in [1.54, 1.807) is 25.1 Å². The predicted molar refractivity (Wildman–Crippen MR) is 92.9 cm³/mol. The fourth-order valence-corrected chi connectivity index (χ4v) is 5.02. The van der Waals surface area contributed by atoms with Crippen LogP contribution in [0.15, 0.2) is 10.7 Å². The summed E-state index contributed by atoms with van der Waals surface area (Å²) < 4.78 is 28.5. The minimum atomic E-state index is -3.07. The largest absolute Gasteiger partial charge is 0.372 e. The highest BCUT2D eigenvalue weighted by molar-refractivity contribution is 7.91. The van der Waals surface area contributed by atoms with E-state index >= 15 is 0 Å². The van der Waals surface area contributed by atoms with Crippen LogP contribution in [-0.4, -0.2) is 61.8 Å². The first kappa shape index (κ1) is 17.4. The second kappa shape index (κ2) is 6.14. The Morgan fingerprint density at radius 2 is 2.00 bits per heavy atom. The fraction of sp³-hybridized carbons (Fsp3) is 0.571. The van der Waals surface area contributed by atoms with E-state index in [-0.39, 0.29) is 34.3 Å². The molecule has 0 saturated carbocycles. The maximum absolute atomic E-state index is 11.9. The van der Waals surface area contributed by atoms with E-state index in [2.05, 4.69) is 10.3 Å². The average molecular weight is 369 g/mol. The van der Waals surface area contributed by atoms with E-state index in [0.717, 1.165) is 0 Å². The average Bonchev–Trinajstić information content (AvgIpc) is 3.13. The van der Waals surface area contributed by atoms with E-state index in [1.165, 1.54) is 0 Å². The number of nitro groups is 1. The van der Waals surface area contributed by atoms with Crippen molar-refractivity contribution in [2.75, 3.05) is 41.9 Å². The molecule has 11 heteroatoms. The van der Waals surface area contributed by atoms with Gasteiger partial charge in [0.25, 0.3) is 0 Å². The van der Waals surface area contributed by atoms with Crippen LogP contribution in [-0.2, 0) is 9.84 Å². The standard InChI is InChI=1S/C14H19N5O5S/c1-4-18(9-5-6-25(22,23)8-9)10-7-11(17(2)3)14(19(20)21)13-12(10)15-24-16-13/h7,9H,4-6,8H2,1-3H3. The normalized spacial score (nSPS) is 19.2. The Bertz CT molecular complexity index is 923. The Hall–Kier alpha value is -2.43. The van der Waals surface area contributed by atoms with Crippen LogP contribution in [0.4, 0.5) is 17.1 Å². The van der Waals surface area contributed by atoms with Gasteiger partial charge in [-0.05, 0) is 29.7 Å². The molecule has 0 bridgehead atoms. The molecular weight excluding hydrogens is 350 g/mol. The molecule has 10 nitrogen and oxygen atoms in total. The molecule has 0 spiro atoms. The third-order valence-corrected chi connectivity index (χ3v) is 6.19. The molecule has 1 aliphatic heterocycles. The summed E-state index contributed by atoms with van der Waals surface area (Å²) in [4.78, 5) is 14.5. The number of nitro benzene ring substituents is 1. The SMILES string of the molecule is CCN(c1cc(N(C)C)c([N+](=O)[O-])c2nonc12)C1CCS(=O)(=O)C1. The van der Waals surface area contributed by atoms with E-state index < -0.39 is 14.8 Å². The zero-order chi connectivity index (χ0) is 18.4. The van der Waals surface area contributed by atoms with Gasteiger partial charge in [-0.2, -0.15) is 0 Å². The minimum Gasteiger partial charge on any atom is -0.372 e. The number of sulfone groups is 1. The molecular formula is C14H19N5O5S. The molecule has 1 fully saturated rings. The summed E-state index contributed by atoms with van der Waals surface area (Å²) in [6.45, 7) is 2.44. The van der Waals surface area contributed by atoms with Gasteiger partial charge in [-0.3, -0.25) is 10.1 Å². The molecule has 0 amide bonds. The highest BCUT2D eigenvalue weighted by Crippen LogP contribution is 2.40. The molecule has 0 aliphatic carbocycles. The topological polar surface area (TPSA) is 123 Å². The summed E-state index contributed by atoms with van der Waals surface area (Å²) in [6.07, 6.45) is 0.511. The van der Waals surface area contributed by atoms with Crippen molar-refractivity contribution in [3.8, 4) is 0 Å². The Balaban J connectivity index is 2.20. The maximum atomic E-state index is 11.9. The third-order valence-electron chi connectivity index (χ3n) is 4.44. The molecule has 136 valence electrons. The highest BCUT2D eigenvalue weighted by Gasteiger charge is 2.35. The Kier molecular flexibility index (Phi) is 4.27. The molecule has 1 unspecified atom stereocenters. The maximum Gasteiger partial charge on any atom is 0.323 e. The third kappa shape index (κ3) is 2.99. The number of fused-ring (bicyclic) bond motifs is 1. The van der Waals surface area contributed by atoms with Crippen LogP contribution in [0.2, 0.25) is 0 Å². The smallest absolute Gasteiger partial charge is 0.323 e. The van der Waals surface area contributed by atoms with E-state index in [9.17, 15) is 18.5 Å². The zero-order valence-electron chi connectivity index (χ0n) is 14.2. The quantitative estimate of drug-likeness (QED) is 0.565. The van der Waals surface area contributed by atoms with Crippen LogP contribution < -0.4 is 9.80 Å². The lowest BCUT2D eigenvalue weighted by atomic mass is 10.1. The second-order valence-electron chi connectivity index (χ2n) is 6.22. The Labute approximate surface area is 144 Å². The van der Waals surface area contributed by atoms with E-state index in [0.29, 0.717) is 24.3 Å². The molecule has 0 N–H and O–H groups in total. The van der Waals surface area contributed by atoms with Crippen molar-refractivity contribution >= 4 is 37.9 Å². The number of anilines is 2. The second-order valence-corrected chi connectivity index (χ2v) is 8.45. The monoisotopic (exact) mass is 369 g/mol. The predicted octanol–water partition coefficient (Wildman–Crippen LogP) is 1.21. The molecule has 25 heavy (non-hydrogen) atoms. The summed E-state index contributed by atoms with van der Waals surface area (Å²) in [5.74, 6) is 0.198. The van der Waals surface area contributed by atoms with E-state index in [4.69, 9.17) is 4.63 Å². The molecule has 1 saturated heterocycles. The first-order valence-corrected chi connectivity index (χ1v) is 9.65. The molecule has 0 radical (unpaired) electrons. The Morgan fingerprint density at radius 1 is 1.32 bits per heavy atom. The van der Waals surface area contributed by atoms with Gasteiger partial charge in [0.2, 0.25) is 5.52 Å². The number of hydrogen-bond acceptors (Lipinski definition) is 9. The van der Waals surface area contributed by atoms with Crippen LogP contribution in [0.25, 0.3) is 11.0 Å².